The largest absolute Gasteiger partial charge is 0.445 e. The number of rotatable bonds is 11. The summed E-state index contributed by atoms with van der Waals surface area (Å²) in [4.78, 5) is 14.3. The Morgan fingerprint density at radius 1 is 1.07 bits per heavy atom. The summed E-state index contributed by atoms with van der Waals surface area (Å²) in [6.07, 6.45) is 2.38. The van der Waals surface area contributed by atoms with E-state index in [2.05, 4.69) is 6.58 Å². The number of likely N-dealkylation sites (N-methyl/N-ethyl adjacent to an activating group) is 1. The van der Waals surface area contributed by atoms with Crippen LogP contribution in [0.2, 0.25) is 0 Å². The predicted molar refractivity (Wildman–Crippen MR) is 110 cm³/mol. The van der Waals surface area contributed by atoms with Crippen LogP contribution in [0.1, 0.15) is 17.5 Å². The molecular formula is C23H29NO4. The van der Waals surface area contributed by atoms with Crippen LogP contribution in [0, 0.1) is 0 Å². The molecule has 0 unspecified atom stereocenters. The van der Waals surface area contributed by atoms with Gasteiger partial charge in [-0.3, -0.25) is 0 Å². The van der Waals surface area contributed by atoms with Crippen molar-refractivity contribution < 1.29 is 19.0 Å². The molecule has 0 saturated carbocycles. The first-order chi connectivity index (χ1) is 13.7. The second kappa shape index (κ2) is 12.0. The van der Waals surface area contributed by atoms with Gasteiger partial charge < -0.3 is 19.1 Å². The van der Waals surface area contributed by atoms with Gasteiger partial charge in [-0.2, -0.15) is 0 Å². The summed E-state index contributed by atoms with van der Waals surface area (Å²) in [7, 11) is 3.32. The second-order valence-electron chi connectivity index (χ2n) is 6.54. The molecule has 0 radical (unpaired) electrons. The summed E-state index contributed by atoms with van der Waals surface area (Å²) in [5.74, 6) is 0. The highest BCUT2D eigenvalue weighted by Crippen LogP contribution is 2.18. The Hall–Kier alpha value is -2.63. The van der Waals surface area contributed by atoms with Crippen molar-refractivity contribution in [3.8, 4) is 0 Å². The molecule has 0 aromatic heterocycles. The van der Waals surface area contributed by atoms with Gasteiger partial charge in [0.2, 0.25) is 0 Å². The summed E-state index contributed by atoms with van der Waals surface area (Å²) in [5.41, 5.74) is 2.06. The molecule has 0 fully saturated rings. The summed E-state index contributed by atoms with van der Waals surface area (Å²) < 4.78 is 16.4. The second-order valence-corrected chi connectivity index (χ2v) is 6.54. The third-order valence-corrected chi connectivity index (χ3v) is 4.51. The van der Waals surface area contributed by atoms with E-state index in [0.29, 0.717) is 12.8 Å². The van der Waals surface area contributed by atoms with Crippen LogP contribution in [0.15, 0.2) is 73.3 Å². The van der Waals surface area contributed by atoms with Crippen molar-refractivity contribution in [2.45, 2.75) is 31.6 Å². The molecule has 150 valence electrons. The van der Waals surface area contributed by atoms with Gasteiger partial charge in [0.1, 0.15) is 13.4 Å². The molecule has 0 heterocycles. The molecular weight excluding hydrogens is 354 g/mol. The first-order valence-electron chi connectivity index (χ1n) is 9.34. The van der Waals surface area contributed by atoms with Crippen LogP contribution < -0.4 is 0 Å². The predicted octanol–water partition coefficient (Wildman–Crippen LogP) is 4.43. The zero-order valence-corrected chi connectivity index (χ0v) is 16.6. The lowest BCUT2D eigenvalue weighted by Crippen LogP contribution is -2.47. The summed E-state index contributed by atoms with van der Waals surface area (Å²) in [5, 5.41) is 0. The van der Waals surface area contributed by atoms with Gasteiger partial charge in [0, 0.05) is 14.2 Å². The Morgan fingerprint density at radius 3 is 2.25 bits per heavy atom. The van der Waals surface area contributed by atoms with Crippen molar-refractivity contribution in [2.75, 3.05) is 21.0 Å². The Balaban J connectivity index is 2.12. The molecule has 1 amide bonds. The SMILES string of the molecule is C=CC[C@@H](OCOC)[C@H](Cc1ccccc1)N(C)C(=O)OCc1ccccc1. The smallest absolute Gasteiger partial charge is 0.410 e. The fourth-order valence-corrected chi connectivity index (χ4v) is 2.99. The van der Waals surface area contributed by atoms with Crippen molar-refractivity contribution in [3.05, 3.63) is 84.4 Å². The number of nitrogens with zero attached hydrogens (tertiary/aromatic N) is 1. The van der Waals surface area contributed by atoms with E-state index in [1.54, 1.807) is 25.1 Å². The highest BCUT2D eigenvalue weighted by Gasteiger charge is 2.29. The van der Waals surface area contributed by atoms with E-state index in [4.69, 9.17) is 14.2 Å². The number of hydrogen-bond donors (Lipinski definition) is 0. The number of amides is 1. The molecule has 2 rings (SSSR count). The van der Waals surface area contributed by atoms with E-state index in [1.807, 2.05) is 60.7 Å². The molecule has 0 bridgehead atoms. The van der Waals surface area contributed by atoms with Crippen LogP contribution in [0.4, 0.5) is 4.79 Å². The maximum absolute atomic E-state index is 12.7. The average Bonchev–Trinajstić information content (AvgIpc) is 2.74. The third kappa shape index (κ3) is 6.83. The number of methoxy groups -OCH3 is 1. The average molecular weight is 383 g/mol. The molecule has 0 spiro atoms. The van der Waals surface area contributed by atoms with Crippen LogP contribution in [0.3, 0.4) is 0 Å². The molecule has 5 nitrogen and oxygen atoms in total. The van der Waals surface area contributed by atoms with Crippen LogP contribution >= 0.6 is 0 Å². The first-order valence-corrected chi connectivity index (χ1v) is 9.34. The molecule has 5 heteroatoms. The quantitative estimate of drug-likeness (QED) is 0.425. The van der Waals surface area contributed by atoms with Crippen molar-refractivity contribution in [2.24, 2.45) is 0 Å². The van der Waals surface area contributed by atoms with Gasteiger partial charge in [0.05, 0.1) is 12.1 Å². The maximum Gasteiger partial charge on any atom is 0.410 e. The summed E-state index contributed by atoms with van der Waals surface area (Å²) >= 11 is 0. The molecule has 2 aromatic carbocycles. The van der Waals surface area contributed by atoms with Gasteiger partial charge in [0.15, 0.2) is 0 Å². The topological polar surface area (TPSA) is 48.0 Å². The number of carbonyl (C=O) groups excluding carboxylic acids is 1. The molecule has 0 N–H and O–H groups in total. The fraction of sp³-hybridized carbons (Fsp3) is 0.348. The fourth-order valence-electron chi connectivity index (χ4n) is 2.99. The van der Waals surface area contributed by atoms with Crippen LogP contribution in [0.5, 0.6) is 0 Å². The maximum atomic E-state index is 12.7. The Morgan fingerprint density at radius 2 is 1.68 bits per heavy atom. The standard InChI is InChI=1S/C23H29NO4/c1-4-11-22(28-18-26-3)21(16-19-12-7-5-8-13-19)24(2)23(25)27-17-20-14-9-6-10-15-20/h4-10,12-15,21-22H,1,11,16-18H2,2-3H3/t21-,22+/m0/s1. The zero-order valence-electron chi connectivity index (χ0n) is 16.6. The van der Waals surface area contributed by atoms with Crippen LogP contribution in [-0.4, -0.2) is 44.1 Å². The molecule has 0 aliphatic rings. The van der Waals surface area contributed by atoms with Gasteiger partial charge in [-0.25, -0.2) is 4.79 Å². The Bertz CT molecular complexity index is 705. The zero-order chi connectivity index (χ0) is 20.2. The summed E-state index contributed by atoms with van der Waals surface area (Å²) in [6.45, 7) is 4.20. The number of ether oxygens (including phenoxy) is 3. The molecule has 2 atom stereocenters. The molecule has 0 aliphatic heterocycles. The van der Waals surface area contributed by atoms with E-state index in [0.717, 1.165) is 11.1 Å². The van der Waals surface area contributed by atoms with Crippen LogP contribution in [-0.2, 0) is 27.2 Å². The van der Waals surface area contributed by atoms with Gasteiger partial charge in [-0.15, -0.1) is 6.58 Å². The minimum Gasteiger partial charge on any atom is -0.445 e. The van der Waals surface area contributed by atoms with Crippen molar-refractivity contribution in [1.82, 2.24) is 4.90 Å². The molecule has 0 aliphatic carbocycles. The van der Waals surface area contributed by atoms with E-state index in [-0.39, 0.29) is 31.6 Å². The van der Waals surface area contributed by atoms with E-state index >= 15 is 0 Å². The molecule has 2 aromatic rings. The minimum absolute atomic E-state index is 0.150. The molecule has 28 heavy (non-hydrogen) atoms. The van der Waals surface area contributed by atoms with E-state index in [1.165, 1.54) is 0 Å². The van der Waals surface area contributed by atoms with Crippen molar-refractivity contribution in [1.29, 1.82) is 0 Å². The Labute approximate surface area is 167 Å². The normalized spacial score (nSPS) is 12.8. The lowest BCUT2D eigenvalue weighted by Gasteiger charge is -2.33. The summed E-state index contributed by atoms with van der Waals surface area (Å²) in [6, 6.07) is 19.4. The van der Waals surface area contributed by atoms with Gasteiger partial charge in [-0.05, 0) is 24.0 Å². The van der Waals surface area contributed by atoms with Gasteiger partial charge in [-0.1, -0.05) is 66.7 Å². The van der Waals surface area contributed by atoms with Crippen molar-refractivity contribution >= 4 is 6.09 Å². The van der Waals surface area contributed by atoms with Crippen molar-refractivity contribution in [3.63, 3.8) is 0 Å². The number of benzene rings is 2. The van der Waals surface area contributed by atoms with Gasteiger partial charge in [0.25, 0.3) is 0 Å². The van der Waals surface area contributed by atoms with Crippen LogP contribution in [0.25, 0.3) is 0 Å². The lowest BCUT2D eigenvalue weighted by molar-refractivity contribution is -0.0940. The first kappa shape index (κ1) is 21.7. The Kier molecular flexibility index (Phi) is 9.25. The molecule has 0 saturated heterocycles. The van der Waals surface area contributed by atoms with Gasteiger partial charge >= 0.3 is 6.09 Å². The number of carbonyl (C=O) groups is 1. The minimum atomic E-state index is -0.389. The van der Waals surface area contributed by atoms with E-state index in [9.17, 15) is 4.79 Å². The lowest BCUT2D eigenvalue weighted by atomic mass is 9.98. The highest BCUT2D eigenvalue weighted by atomic mass is 16.7. The number of hydrogen-bond acceptors (Lipinski definition) is 4. The van der Waals surface area contributed by atoms with E-state index < -0.39 is 0 Å². The third-order valence-electron chi connectivity index (χ3n) is 4.51. The monoisotopic (exact) mass is 383 g/mol. The highest BCUT2D eigenvalue weighted by molar-refractivity contribution is 5.67.